The molecule has 1 aromatic carbocycles. The number of nitrogens with zero attached hydrogens (tertiary/aromatic N) is 1. The number of hydrogen-bond acceptors (Lipinski definition) is 4. The van der Waals surface area contributed by atoms with E-state index in [-0.39, 0.29) is 5.91 Å². The van der Waals surface area contributed by atoms with Crippen molar-refractivity contribution in [2.45, 2.75) is 20.0 Å². The summed E-state index contributed by atoms with van der Waals surface area (Å²) in [6, 6.07) is 9.43. The van der Waals surface area contributed by atoms with Crippen LogP contribution in [0.1, 0.15) is 12.6 Å². The minimum absolute atomic E-state index is 0.367. The van der Waals surface area contributed by atoms with E-state index in [1.165, 1.54) is 0 Å². The first-order valence-electron chi connectivity index (χ1n) is 5.65. The summed E-state index contributed by atoms with van der Waals surface area (Å²) in [5, 5.41) is 0.875. The number of amides is 1. The van der Waals surface area contributed by atoms with Crippen LogP contribution in [-0.2, 0) is 4.79 Å². The van der Waals surface area contributed by atoms with Gasteiger partial charge in [0.25, 0.3) is 5.91 Å². The fourth-order valence-corrected chi connectivity index (χ4v) is 1.73. The van der Waals surface area contributed by atoms with Crippen LogP contribution in [0, 0.1) is 6.92 Å². The van der Waals surface area contributed by atoms with Gasteiger partial charge in [0.2, 0.25) is 0 Å². The second-order valence-electron chi connectivity index (χ2n) is 4.05. The summed E-state index contributed by atoms with van der Waals surface area (Å²) in [6.07, 6.45) is -0.653. The maximum atomic E-state index is 11.4. The molecule has 2 rings (SSSR count). The smallest absolute Gasteiger partial charge is 0.274 e. The molecule has 94 valence electrons. The third kappa shape index (κ3) is 2.41. The van der Waals surface area contributed by atoms with Crippen LogP contribution in [0.15, 0.2) is 30.3 Å². The van der Waals surface area contributed by atoms with Gasteiger partial charge in [0.05, 0.1) is 5.52 Å². The van der Waals surface area contributed by atoms with Gasteiger partial charge in [-0.2, -0.15) is 0 Å². The highest BCUT2D eigenvalue weighted by Gasteiger charge is 2.15. The lowest BCUT2D eigenvalue weighted by Crippen LogP contribution is -2.40. The molecule has 0 saturated carbocycles. The molecular weight excluding hydrogens is 230 g/mol. The second kappa shape index (κ2) is 5.01. The first kappa shape index (κ1) is 12.3. The van der Waals surface area contributed by atoms with Crippen LogP contribution in [-0.4, -0.2) is 17.0 Å². The van der Waals surface area contributed by atoms with Gasteiger partial charge < -0.3 is 4.74 Å². The molecule has 0 saturated heterocycles. The predicted octanol–water partition coefficient (Wildman–Crippen LogP) is 1.30. The van der Waals surface area contributed by atoms with Crippen molar-refractivity contribution in [3.63, 3.8) is 0 Å². The van der Waals surface area contributed by atoms with Gasteiger partial charge in [0, 0.05) is 17.1 Å². The lowest BCUT2D eigenvalue weighted by molar-refractivity contribution is -0.127. The normalized spacial score (nSPS) is 12.2. The number of ether oxygens (including phenoxy) is 1. The van der Waals surface area contributed by atoms with E-state index >= 15 is 0 Å². The lowest BCUT2D eigenvalue weighted by Gasteiger charge is -2.15. The van der Waals surface area contributed by atoms with Crippen molar-refractivity contribution in [3.05, 3.63) is 36.0 Å². The van der Waals surface area contributed by atoms with Gasteiger partial charge in [-0.15, -0.1) is 0 Å². The van der Waals surface area contributed by atoms with Gasteiger partial charge in [-0.05, 0) is 26.0 Å². The Morgan fingerprint density at radius 2 is 2.17 bits per heavy atom. The Bertz CT molecular complexity index is 583. The van der Waals surface area contributed by atoms with Gasteiger partial charge in [-0.3, -0.25) is 15.2 Å². The first-order valence-corrected chi connectivity index (χ1v) is 5.65. The van der Waals surface area contributed by atoms with Crippen LogP contribution < -0.4 is 16.0 Å². The average molecular weight is 245 g/mol. The monoisotopic (exact) mass is 245 g/mol. The van der Waals surface area contributed by atoms with Crippen LogP contribution in [0.2, 0.25) is 0 Å². The van der Waals surface area contributed by atoms with E-state index in [4.69, 9.17) is 10.6 Å². The minimum atomic E-state index is -0.653. The van der Waals surface area contributed by atoms with Crippen molar-refractivity contribution in [2.24, 2.45) is 5.84 Å². The number of para-hydroxylation sites is 1. The van der Waals surface area contributed by atoms with E-state index in [0.717, 1.165) is 16.6 Å². The van der Waals surface area contributed by atoms with Crippen LogP contribution in [0.4, 0.5) is 0 Å². The molecule has 1 aromatic heterocycles. The van der Waals surface area contributed by atoms with Crippen LogP contribution in [0.5, 0.6) is 5.75 Å². The molecule has 0 radical (unpaired) electrons. The zero-order valence-electron chi connectivity index (χ0n) is 10.3. The Labute approximate surface area is 105 Å². The summed E-state index contributed by atoms with van der Waals surface area (Å²) in [7, 11) is 0. The van der Waals surface area contributed by atoms with Gasteiger partial charge in [-0.1, -0.05) is 12.1 Å². The molecule has 5 nitrogen and oxygen atoms in total. The van der Waals surface area contributed by atoms with E-state index in [1.54, 1.807) is 6.92 Å². The summed E-state index contributed by atoms with van der Waals surface area (Å²) in [4.78, 5) is 15.8. The molecule has 0 aliphatic heterocycles. The van der Waals surface area contributed by atoms with E-state index in [2.05, 4.69) is 10.4 Å². The number of carbonyl (C=O) groups excluding carboxylic acids is 1. The van der Waals surface area contributed by atoms with Crippen LogP contribution in [0.25, 0.3) is 10.9 Å². The van der Waals surface area contributed by atoms with Crippen LogP contribution >= 0.6 is 0 Å². The topological polar surface area (TPSA) is 77.2 Å². The Balaban J connectivity index is 2.41. The Kier molecular flexibility index (Phi) is 3.43. The van der Waals surface area contributed by atoms with Crippen molar-refractivity contribution in [2.75, 3.05) is 0 Å². The number of benzene rings is 1. The van der Waals surface area contributed by atoms with Crippen molar-refractivity contribution >= 4 is 16.8 Å². The number of aromatic nitrogens is 1. The van der Waals surface area contributed by atoms with Gasteiger partial charge >= 0.3 is 0 Å². The molecule has 3 N–H and O–H groups in total. The molecule has 0 spiro atoms. The molecule has 0 aliphatic carbocycles. The van der Waals surface area contributed by atoms with Gasteiger partial charge in [0.1, 0.15) is 5.75 Å². The highest BCUT2D eigenvalue weighted by atomic mass is 16.5. The first-order chi connectivity index (χ1) is 8.61. The fourth-order valence-electron chi connectivity index (χ4n) is 1.73. The number of rotatable bonds is 3. The molecule has 18 heavy (non-hydrogen) atoms. The molecular formula is C13H15N3O2. The third-order valence-corrected chi connectivity index (χ3v) is 2.62. The number of carbonyl (C=O) groups is 1. The molecule has 0 fully saturated rings. The maximum absolute atomic E-state index is 11.4. The molecule has 0 bridgehead atoms. The average Bonchev–Trinajstić information content (AvgIpc) is 2.37. The number of hydrogen-bond donors (Lipinski definition) is 2. The highest BCUT2D eigenvalue weighted by molar-refractivity contribution is 5.86. The number of fused-ring (bicyclic) bond motifs is 1. The molecule has 1 atom stereocenters. The van der Waals surface area contributed by atoms with Crippen LogP contribution in [0.3, 0.4) is 0 Å². The van der Waals surface area contributed by atoms with Crippen molar-refractivity contribution in [1.29, 1.82) is 0 Å². The fraction of sp³-hybridized carbons (Fsp3) is 0.231. The van der Waals surface area contributed by atoms with Gasteiger partial charge in [-0.25, -0.2) is 5.84 Å². The summed E-state index contributed by atoms with van der Waals surface area (Å²) >= 11 is 0. The number of pyridine rings is 1. The number of hydrazine groups is 1. The summed E-state index contributed by atoms with van der Waals surface area (Å²) in [6.45, 7) is 3.53. The van der Waals surface area contributed by atoms with E-state index in [0.29, 0.717) is 5.75 Å². The third-order valence-electron chi connectivity index (χ3n) is 2.62. The Morgan fingerprint density at radius 3 is 2.89 bits per heavy atom. The quantitative estimate of drug-likeness (QED) is 0.485. The predicted molar refractivity (Wildman–Crippen MR) is 68.9 cm³/mol. The number of nitrogens with two attached hydrogens (primary N) is 1. The molecule has 0 aliphatic rings. The maximum Gasteiger partial charge on any atom is 0.274 e. The Morgan fingerprint density at radius 1 is 1.44 bits per heavy atom. The lowest BCUT2D eigenvalue weighted by atomic mass is 10.2. The molecule has 2 aromatic rings. The van der Waals surface area contributed by atoms with Crippen molar-refractivity contribution in [1.82, 2.24) is 10.4 Å². The number of nitrogens with one attached hydrogen (secondary N) is 1. The second-order valence-corrected chi connectivity index (χ2v) is 4.05. The summed E-state index contributed by atoms with van der Waals surface area (Å²) in [5.74, 6) is 5.34. The zero-order valence-corrected chi connectivity index (χ0v) is 10.3. The van der Waals surface area contributed by atoms with Crippen molar-refractivity contribution < 1.29 is 9.53 Å². The van der Waals surface area contributed by atoms with Crippen molar-refractivity contribution in [3.8, 4) is 5.75 Å². The standard InChI is InChI=1S/C13H15N3O2/c1-8-7-12(18-9(2)13(17)16-14)10-5-3-4-6-11(10)15-8/h3-7,9H,14H2,1-2H3,(H,16,17)/t9-/m0/s1. The Hall–Kier alpha value is -2.14. The van der Waals surface area contributed by atoms with E-state index < -0.39 is 6.10 Å². The molecule has 1 heterocycles. The SMILES string of the molecule is Cc1cc(O[C@@H](C)C(=O)NN)c2ccccc2n1. The van der Waals surface area contributed by atoms with E-state index in [9.17, 15) is 4.79 Å². The summed E-state index contributed by atoms with van der Waals surface area (Å²) < 4.78 is 5.63. The van der Waals surface area contributed by atoms with E-state index in [1.807, 2.05) is 37.3 Å². The number of aryl methyl sites for hydroxylation is 1. The zero-order chi connectivity index (χ0) is 13.1. The molecule has 0 unspecified atom stereocenters. The van der Waals surface area contributed by atoms with Gasteiger partial charge in [0.15, 0.2) is 6.10 Å². The highest BCUT2D eigenvalue weighted by Crippen LogP contribution is 2.25. The molecule has 1 amide bonds. The molecule has 5 heteroatoms. The minimum Gasteiger partial charge on any atom is -0.480 e. The largest absolute Gasteiger partial charge is 0.480 e. The summed E-state index contributed by atoms with van der Waals surface area (Å²) in [5.41, 5.74) is 3.75.